The van der Waals surface area contributed by atoms with Gasteiger partial charge in [0.2, 0.25) is 6.71 Å². The summed E-state index contributed by atoms with van der Waals surface area (Å²) in [4.78, 5) is 5.53. The Bertz CT molecular complexity index is 3470. The fourth-order valence-electron chi connectivity index (χ4n) is 15.7. The number of anilines is 5. The number of nitrogens with zero attached hydrogens (tertiary/aromatic N) is 2. The van der Waals surface area contributed by atoms with Crippen LogP contribution in [0.25, 0.3) is 31.3 Å². The summed E-state index contributed by atoms with van der Waals surface area (Å²) in [6.07, 6.45) is 10.0. The molecule has 3 aliphatic carbocycles. The van der Waals surface area contributed by atoms with Crippen LogP contribution < -0.4 is 26.2 Å². The molecule has 0 saturated heterocycles. The normalized spacial score (nSPS) is 26.4. The molecule has 4 heteroatoms. The summed E-state index contributed by atoms with van der Waals surface area (Å²) in [7, 11) is 0. The van der Waals surface area contributed by atoms with Crippen molar-refractivity contribution in [3.05, 3.63) is 167 Å². The second-order valence-electron chi connectivity index (χ2n) is 24.0. The third-order valence-electron chi connectivity index (χ3n) is 19.6. The Morgan fingerprint density at radius 2 is 1.31 bits per heavy atom. The second kappa shape index (κ2) is 13.8. The first kappa shape index (κ1) is 41.4. The van der Waals surface area contributed by atoms with E-state index >= 15 is 0 Å². The number of thiophene rings is 1. The molecule has 8 aromatic rings. The summed E-state index contributed by atoms with van der Waals surface area (Å²) in [6, 6.07) is 53.1. The van der Waals surface area contributed by atoms with Gasteiger partial charge in [0.15, 0.2) is 0 Å². The average Bonchev–Trinajstić information content (AvgIpc) is 3.88. The van der Waals surface area contributed by atoms with Gasteiger partial charge in [-0.25, -0.2) is 0 Å². The van der Waals surface area contributed by atoms with Gasteiger partial charge < -0.3 is 9.80 Å². The van der Waals surface area contributed by atoms with Gasteiger partial charge in [0.1, 0.15) is 0 Å². The number of rotatable bonds is 3. The molecule has 0 spiro atoms. The zero-order valence-corrected chi connectivity index (χ0v) is 42.1. The van der Waals surface area contributed by atoms with Crippen molar-refractivity contribution < 1.29 is 0 Å². The van der Waals surface area contributed by atoms with Crippen LogP contribution in [-0.4, -0.2) is 12.3 Å². The molecule has 2 fully saturated rings. The van der Waals surface area contributed by atoms with E-state index in [0.29, 0.717) is 5.92 Å². The van der Waals surface area contributed by atoms with Crippen LogP contribution in [0.2, 0.25) is 0 Å². The zero-order valence-electron chi connectivity index (χ0n) is 41.3. The van der Waals surface area contributed by atoms with Crippen molar-refractivity contribution in [1.29, 1.82) is 0 Å². The molecule has 0 amide bonds. The SMILES string of the molecule is Cc1cc2c3c(c1)N(c1ccc4c(c1)sc1ccccc14)c1cc(N4c5ccc(-c6ccccc6)cc5C5(C)CCCCC45C)ccc1B3c1cc(C(C)(C)C)cc3c1C2C1(C)CCCCC31C. The molecule has 0 N–H and O–H groups in total. The van der Waals surface area contributed by atoms with Crippen molar-refractivity contribution in [2.45, 2.75) is 134 Å². The predicted octanol–water partition coefficient (Wildman–Crippen LogP) is 15.7. The molecule has 3 aliphatic heterocycles. The lowest BCUT2D eigenvalue weighted by atomic mass is 9.30. The third-order valence-corrected chi connectivity index (χ3v) is 20.8. The van der Waals surface area contributed by atoms with Crippen molar-refractivity contribution >= 4 is 83.0 Å². The highest BCUT2D eigenvalue weighted by atomic mass is 32.1. The summed E-state index contributed by atoms with van der Waals surface area (Å²) < 4.78 is 2.71. The minimum Gasteiger partial charge on any atom is -0.334 e. The minimum absolute atomic E-state index is 0.0150. The van der Waals surface area contributed by atoms with E-state index in [-0.39, 0.29) is 33.9 Å². The summed E-state index contributed by atoms with van der Waals surface area (Å²) in [5, 5.41) is 2.71. The fourth-order valence-corrected chi connectivity index (χ4v) is 16.9. The summed E-state index contributed by atoms with van der Waals surface area (Å²) in [5.74, 6) is 0.371. The largest absolute Gasteiger partial charge is 0.334 e. The number of hydrogen-bond donors (Lipinski definition) is 0. The summed E-state index contributed by atoms with van der Waals surface area (Å²) in [5.41, 5.74) is 23.3. The molecular weight excluding hydrogens is 840 g/mol. The molecule has 0 bridgehead atoms. The molecule has 14 rings (SSSR count). The second-order valence-corrected chi connectivity index (χ2v) is 25.1. The topological polar surface area (TPSA) is 6.48 Å². The molecule has 2 nitrogen and oxygen atoms in total. The van der Waals surface area contributed by atoms with Gasteiger partial charge in [-0.15, -0.1) is 11.3 Å². The standard InChI is InChI=1S/C64H63BN2S/c1-39-32-47-58-57-49(61(5)28-14-15-30-63(58,61)7)35-42(60(2,3)4)36-51(57)65-50-26-24-44(67-52-27-22-41(40-18-10-9-11-19-40)34-48(52)62(6)29-16-17-31-64(62,67)8)37-53(50)66(54(33-39)59(47)65)43-23-25-46-45-20-12-13-21-55(45)68-56(46)38-43/h9-13,18-27,32-38,58H,14-17,28-31H2,1-8H3. The van der Waals surface area contributed by atoms with E-state index in [4.69, 9.17) is 0 Å². The van der Waals surface area contributed by atoms with Gasteiger partial charge in [0.25, 0.3) is 0 Å². The molecule has 5 atom stereocenters. The lowest BCUT2D eigenvalue weighted by Gasteiger charge is -2.51. The van der Waals surface area contributed by atoms with Crippen LogP contribution in [-0.2, 0) is 16.2 Å². The summed E-state index contributed by atoms with van der Waals surface area (Å²) in [6.45, 7) is 20.4. The Labute approximate surface area is 408 Å². The van der Waals surface area contributed by atoms with Crippen LogP contribution >= 0.6 is 11.3 Å². The molecule has 2 saturated carbocycles. The Morgan fingerprint density at radius 3 is 2.13 bits per heavy atom. The molecular formula is C64H63BN2S. The van der Waals surface area contributed by atoms with E-state index in [1.54, 1.807) is 27.6 Å². The molecule has 0 radical (unpaired) electrons. The van der Waals surface area contributed by atoms with Crippen LogP contribution in [0.1, 0.15) is 139 Å². The van der Waals surface area contributed by atoms with Gasteiger partial charge in [-0.2, -0.15) is 0 Å². The average molecular weight is 903 g/mol. The smallest absolute Gasteiger partial charge is 0.247 e. The first-order valence-corrected chi connectivity index (χ1v) is 26.7. The molecule has 4 heterocycles. The van der Waals surface area contributed by atoms with Gasteiger partial charge >= 0.3 is 0 Å². The van der Waals surface area contributed by atoms with E-state index in [1.807, 2.05) is 11.3 Å². The highest BCUT2D eigenvalue weighted by molar-refractivity contribution is 7.25. The van der Waals surface area contributed by atoms with Crippen LogP contribution in [0.3, 0.4) is 0 Å². The van der Waals surface area contributed by atoms with E-state index < -0.39 is 0 Å². The van der Waals surface area contributed by atoms with Crippen LogP contribution in [0.15, 0.2) is 133 Å². The third kappa shape index (κ3) is 5.21. The Morgan fingerprint density at radius 1 is 0.574 bits per heavy atom. The molecule has 6 aliphatic rings. The molecule has 1 aromatic heterocycles. The van der Waals surface area contributed by atoms with E-state index in [9.17, 15) is 0 Å². The lowest BCUT2D eigenvalue weighted by Crippen LogP contribution is -2.62. The number of benzene rings is 7. The molecule has 338 valence electrons. The molecule has 7 aromatic carbocycles. The van der Waals surface area contributed by atoms with Crippen molar-refractivity contribution in [3.8, 4) is 11.1 Å². The van der Waals surface area contributed by atoms with Crippen molar-refractivity contribution in [2.24, 2.45) is 5.41 Å². The Kier molecular flexibility index (Phi) is 8.41. The van der Waals surface area contributed by atoms with E-state index in [2.05, 4.69) is 199 Å². The maximum Gasteiger partial charge on any atom is 0.247 e. The lowest BCUT2D eigenvalue weighted by molar-refractivity contribution is 0.0925. The van der Waals surface area contributed by atoms with Gasteiger partial charge in [0, 0.05) is 59.9 Å². The fraction of sp³-hybridized carbons (Fsp3) is 0.344. The Hall–Kier alpha value is -5.58. The molecule has 68 heavy (non-hydrogen) atoms. The van der Waals surface area contributed by atoms with Crippen LogP contribution in [0.4, 0.5) is 28.4 Å². The van der Waals surface area contributed by atoms with Crippen molar-refractivity contribution in [3.63, 3.8) is 0 Å². The van der Waals surface area contributed by atoms with Gasteiger partial charge in [-0.1, -0.05) is 158 Å². The monoisotopic (exact) mass is 902 g/mol. The number of fused-ring (bicyclic) bond motifs is 13. The van der Waals surface area contributed by atoms with E-state index in [1.165, 1.54) is 133 Å². The highest BCUT2D eigenvalue weighted by Crippen LogP contribution is 2.68. The van der Waals surface area contributed by atoms with Gasteiger partial charge in [0.05, 0.1) is 5.54 Å². The quantitative estimate of drug-likeness (QED) is 0.163. The van der Waals surface area contributed by atoms with Crippen molar-refractivity contribution in [2.75, 3.05) is 9.80 Å². The van der Waals surface area contributed by atoms with Crippen LogP contribution in [0.5, 0.6) is 0 Å². The predicted molar refractivity (Wildman–Crippen MR) is 293 cm³/mol. The zero-order chi connectivity index (χ0) is 46.3. The van der Waals surface area contributed by atoms with Gasteiger partial charge in [-0.3, -0.25) is 0 Å². The first-order valence-electron chi connectivity index (χ1n) is 25.9. The number of aryl methyl sites for hydroxylation is 1. The van der Waals surface area contributed by atoms with Crippen molar-refractivity contribution in [1.82, 2.24) is 0 Å². The van der Waals surface area contributed by atoms with Gasteiger partial charge in [-0.05, 0) is 160 Å². The molecule has 5 unspecified atom stereocenters. The first-order chi connectivity index (χ1) is 32.7. The van der Waals surface area contributed by atoms with Crippen LogP contribution in [0, 0.1) is 12.3 Å². The Balaban J connectivity index is 1.05. The summed E-state index contributed by atoms with van der Waals surface area (Å²) >= 11 is 1.93. The number of hydrogen-bond acceptors (Lipinski definition) is 3. The maximum absolute atomic E-state index is 2.81. The van der Waals surface area contributed by atoms with E-state index in [0.717, 1.165) is 0 Å². The highest BCUT2D eigenvalue weighted by Gasteiger charge is 2.63. The maximum atomic E-state index is 2.81. The minimum atomic E-state index is -0.0740.